The van der Waals surface area contributed by atoms with Gasteiger partial charge in [-0.25, -0.2) is 4.68 Å². The summed E-state index contributed by atoms with van der Waals surface area (Å²) in [6, 6.07) is 19.4. The van der Waals surface area contributed by atoms with E-state index in [9.17, 15) is 9.59 Å². The summed E-state index contributed by atoms with van der Waals surface area (Å²) in [6.07, 6.45) is 6.53. The Balaban J connectivity index is 1.34. The first-order valence-corrected chi connectivity index (χ1v) is 13.6. The molecule has 6 rings (SSSR count). The number of hydrogen-bond acceptors (Lipinski definition) is 6. The number of para-hydroxylation sites is 1. The molecule has 40 heavy (non-hydrogen) atoms. The molecule has 4 aromatic rings. The van der Waals surface area contributed by atoms with E-state index < -0.39 is 6.04 Å². The molecule has 2 heterocycles. The van der Waals surface area contributed by atoms with Crippen molar-refractivity contribution in [1.82, 2.24) is 19.9 Å². The summed E-state index contributed by atoms with van der Waals surface area (Å²) in [5.41, 5.74) is 2.90. The van der Waals surface area contributed by atoms with Crippen LogP contribution in [-0.4, -0.2) is 44.5 Å². The second-order valence-electron chi connectivity index (χ2n) is 9.93. The van der Waals surface area contributed by atoms with Crippen molar-refractivity contribution in [3.05, 3.63) is 89.5 Å². The van der Waals surface area contributed by atoms with E-state index in [1.807, 2.05) is 36.4 Å². The van der Waals surface area contributed by atoms with Gasteiger partial charge in [-0.15, -0.1) is 5.10 Å². The third-order valence-corrected chi connectivity index (χ3v) is 7.54. The van der Waals surface area contributed by atoms with Crippen LogP contribution >= 0.6 is 11.6 Å². The lowest BCUT2D eigenvalue weighted by Gasteiger charge is -2.37. The van der Waals surface area contributed by atoms with Crippen LogP contribution in [0.3, 0.4) is 0 Å². The fourth-order valence-electron chi connectivity index (χ4n) is 5.29. The standard InChI is InChI=1S/C30H28ClN5O4/c31-22-12-10-20(11-13-22)17-35(28(37)18-36-25-9-5-4-8-24(25)33-34-36)29(21-6-2-1-3-7-21)30(38)32-23-14-15-26-27(16-23)40-19-39-26/h1-2,4-5,8-16,21,29H,3,6-7,17-19H2,(H,32,38). The Kier molecular flexibility index (Phi) is 7.37. The van der Waals surface area contributed by atoms with Gasteiger partial charge in [0, 0.05) is 23.3 Å². The topological polar surface area (TPSA) is 98.6 Å². The molecule has 1 N–H and O–H groups in total. The Bertz CT molecular complexity index is 1570. The van der Waals surface area contributed by atoms with Gasteiger partial charge in [-0.1, -0.05) is 53.2 Å². The summed E-state index contributed by atoms with van der Waals surface area (Å²) in [5.74, 6) is 0.646. The van der Waals surface area contributed by atoms with E-state index in [0.717, 1.165) is 23.9 Å². The number of anilines is 1. The molecule has 1 aliphatic heterocycles. The van der Waals surface area contributed by atoms with Crippen molar-refractivity contribution in [2.75, 3.05) is 12.1 Å². The number of ether oxygens (including phenoxy) is 2. The van der Waals surface area contributed by atoms with E-state index in [1.165, 1.54) is 0 Å². The minimum absolute atomic E-state index is 0.0511. The number of nitrogens with zero attached hydrogens (tertiary/aromatic N) is 4. The van der Waals surface area contributed by atoms with E-state index >= 15 is 0 Å². The van der Waals surface area contributed by atoms with Crippen LogP contribution in [0.1, 0.15) is 24.8 Å². The zero-order valence-corrected chi connectivity index (χ0v) is 22.5. The molecule has 2 aliphatic rings. The lowest BCUT2D eigenvalue weighted by atomic mass is 9.85. The van der Waals surface area contributed by atoms with Crippen molar-refractivity contribution in [2.45, 2.75) is 38.4 Å². The van der Waals surface area contributed by atoms with Gasteiger partial charge in [0.1, 0.15) is 18.1 Å². The van der Waals surface area contributed by atoms with Crippen molar-refractivity contribution in [1.29, 1.82) is 0 Å². The van der Waals surface area contributed by atoms with Crippen LogP contribution in [0, 0.1) is 5.92 Å². The van der Waals surface area contributed by atoms with Crippen molar-refractivity contribution < 1.29 is 19.1 Å². The average Bonchev–Trinajstić information content (AvgIpc) is 3.61. The summed E-state index contributed by atoms with van der Waals surface area (Å²) in [7, 11) is 0. The number of carbonyl (C=O) groups is 2. The van der Waals surface area contributed by atoms with Crippen molar-refractivity contribution in [3.8, 4) is 11.5 Å². The van der Waals surface area contributed by atoms with Crippen molar-refractivity contribution in [3.63, 3.8) is 0 Å². The Hall–Kier alpha value is -4.37. The molecule has 1 aliphatic carbocycles. The SMILES string of the molecule is O=C(Nc1ccc2c(c1)OCO2)C(C1CC=CCC1)N(Cc1ccc(Cl)cc1)C(=O)Cn1nnc2ccccc21. The molecule has 0 bridgehead atoms. The number of halogens is 1. The monoisotopic (exact) mass is 557 g/mol. The predicted molar refractivity (Wildman–Crippen MR) is 151 cm³/mol. The quantitative estimate of drug-likeness (QED) is 0.299. The summed E-state index contributed by atoms with van der Waals surface area (Å²) in [4.78, 5) is 29.8. The number of allylic oxidation sites excluding steroid dienone is 2. The number of fused-ring (bicyclic) bond motifs is 2. The maximum Gasteiger partial charge on any atom is 0.247 e. The highest BCUT2D eigenvalue weighted by atomic mass is 35.5. The molecule has 3 aromatic carbocycles. The van der Waals surface area contributed by atoms with Crippen LogP contribution in [0.5, 0.6) is 11.5 Å². The molecular formula is C30H28ClN5O4. The first kappa shape index (κ1) is 25.9. The highest BCUT2D eigenvalue weighted by Crippen LogP contribution is 2.35. The van der Waals surface area contributed by atoms with Crippen molar-refractivity contribution in [2.24, 2.45) is 5.92 Å². The van der Waals surface area contributed by atoms with Gasteiger partial charge in [0.05, 0.1) is 5.52 Å². The summed E-state index contributed by atoms with van der Waals surface area (Å²) >= 11 is 6.14. The smallest absolute Gasteiger partial charge is 0.247 e. The van der Waals surface area contributed by atoms with Gasteiger partial charge in [-0.2, -0.15) is 0 Å². The van der Waals surface area contributed by atoms with Gasteiger partial charge in [-0.3, -0.25) is 9.59 Å². The lowest BCUT2D eigenvalue weighted by Crippen LogP contribution is -2.52. The molecule has 0 fully saturated rings. The highest BCUT2D eigenvalue weighted by Gasteiger charge is 2.37. The second kappa shape index (κ2) is 11.4. The molecule has 9 nitrogen and oxygen atoms in total. The van der Waals surface area contributed by atoms with Crippen LogP contribution in [0.2, 0.25) is 5.02 Å². The molecule has 1 aromatic heterocycles. The van der Waals surface area contributed by atoms with Crippen molar-refractivity contribution >= 4 is 40.1 Å². The van der Waals surface area contributed by atoms with Gasteiger partial charge < -0.3 is 19.7 Å². The number of aromatic nitrogens is 3. The molecule has 0 radical (unpaired) electrons. The maximum atomic E-state index is 14.1. The number of rotatable bonds is 8. The Morgan fingerprint density at radius 2 is 1.88 bits per heavy atom. The number of benzene rings is 3. The summed E-state index contributed by atoms with van der Waals surface area (Å²) < 4.78 is 12.5. The Morgan fingerprint density at radius 3 is 2.70 bits per heavy atom. The summed E-state index contributed by atoms with van der Waals surface area (Å²) in [5, 5.41) is 12.1. The Morgan fingerprint density at radius 1 is 1.05 bits per heavy atom. The Labute approximate surface area is 236 Å². The molecule has 2 unspecified atom stereocenters. The third kappa shape index (κ3) is 5.51. The third-order valence-electron chi connectivity index (χ3n) is 7.29. The molecule has 0 saturated heterocycles. The van der Waals surface area contributed by atoms with Gasteiger partial charge in [0.25, 0.3) is 0 Å². The number of amides is 2. The lowest BCUT2D eigenvalue weighted by molar-refractivity contribution is -0.142. The van der Waals surface area contributed by atoms with Gasteiger partial charge in [0.15, 0.2) is 11.5 Å². The van der Waals surface area contributed by atoms with Crippen LogP contribution in [0.25, 0.3) is 11.0 Å². The number of carbonyl (C=O) groups excluding carboxylic acids is 2. The molecule has 0 spiro atoms. The molecular weight excluding hydrogens is 530 g/mol. The van der Waals surface area contributed by atoms with E-state index in [4.69, 9.17) is 21.1 Å². The minimum Gasteiger partial charge on any atom is -0.454 e. The minimum atomic E-state index is -0.728. The molecule has 0 saturated carbocycles. The largest absolute Gasteiger partial charge is 0.454 e. The maximum absolute atomic E-state index is 14.1. The highest BCUT2D eigenvalue weighted by molar-refractivity contribution is 6.30. The van der Waals surface area contributed by atoms with Crippen LogP contribution in [0.4, 0.5) is 5.69 Å². The van der Waals surface area contributed by atoms with Crippen LogP contribution in [0.15, 0.2) is 78.9 Å². The molecule has 2 atom stereocenters. The zero-order chi connectivity index (χ0) is 27.5. The van der Waals surface area contributed by atoms with Crippen LogP contribution in [-0.2, 0) is 22.7 Å². The summed E-state index contributed by atoms with van der Waals surface area (Å²) in [6.45, 7) is 0.330. The fourth-order valence-corrected chi connectivity index (χ4v) is 5.41. The average molecular weight is 558 g/mol. The number of hydrogen-bond donors (Lipinski definition) is 1. The second-order valence-corrected chi connectivity index (χ2v) is 10.4. The first-order valence-electron chi connectivity index (χ1n) is 13.2. The van der Waals surface area contributed by atoms with Crippen LogP contribution < -0.4 is 14.8 Å². The van der Waals surface area contributed by atoms with E-state index in [1.54, 1.807) is 39.9 Å². The normalized spacial score (nSPS) is 16.6. The van der Waals surface area contributed by atoms with Gasteiger partial charge >= 0.3 is 0 Å². The number of nitrogens with one attached hydrogen (secondary N) is 1. The van der Waals surface area contributed by atoms with Gasteiger partial charge in [-0.05, 0) is 67.1 Å². The molecule has 204 valence electrons. The molecule has 10 heteroatoms. The van der Waals surface area contributed by atoms with E-state index in [-0.39, 0.29) is 37.6 Å². The van der Waals surface area contributed by atoms with Gasteiger partial charge in [0.2, 0.25) is 18.6 Å². The van der Waals surface area contributed by atoms with E-state index in [0.29, 0.717) is 34.1 Å². The molecule has 2 amide bonds. The zero-order valence-electron chi connectivity index (χ0n) is 21.7. The first-order chi connectivity index (χ1) is 19.5. The predicted octanol–water partition coefficient (Wildman–Crippen LogP) is 5.21. The van der Waals surface area contributed by atoms with E-state index in [2.05, 4.69) is 27.8 Å². The fraction of sp³-hybridized carbons (Fsp3) is 0.267.